The van der Waals surface area contributed by atoms with E-state index in [9.17, 15) is 9.90 Å². The smallest absolute Gasteiger partial charge is 0.407 e. The summed E-state index contributed by atoms with van der Waals surface area (Å²) in [6, 6.07) is 15.9. The minimum Gasteiger partial charge on any atom is -0.508 e. The summed E-state index contributed by atoms with van der Waals surface area (Å²) in [6.07, 6.45) is 1.05. The molecule has 0 saturated heterocycles. The van der Waals surface area contributed by atoms with Crippen LogP contribution < -0.4 is 5.32 Å². The number of hydrogen-bond acceptors (Lipinski definition) is 4. The number of carbonyl (C=O) groups excluding carboxylic acids is 1. The highest BCUT2D eigenvalue weighted by Crippen LogP contribution is 2.35. The van der Waals surface area contributed by atoms with Crippen LogP contribution in [0.2, 0.25) is 0 Å². The van der Waals surface area contributed by atoms with E-state index in [0.29, 0.717) is 11.3 Å². The van der Waals surface area contributed by atoms with Crippen molar-refractivity contribution in [3.8, 4) is 5.75 Å². The largest absolute Gasteiger partial charge is 0.508 e. The molecule has 0 aliphatic carbocycles. The molecule has 2 aromatic carbocycles. The van der Waals surface area contributed by atoms with Gasteiger partial charge in [-0.1, -0.05) is 36.4 Å². The Hall–Kier alpha value is -3.08. The number of ether oxygens (including phenoxy) is 1. The molecule has 0 fully saturated rings. The highest BCUT2D eigenvalue weighted by molar-refractivity contribution is 5.89. The molecule has 0 saturated carbocycles. The van der Waals surface area contributed by atoms with Crippen molar-refractivity contribution in [2.24, 2.45) is 0 Å². The number of hydrogen-bond donors (Lipinski definition) is 2. The third kappa shape index (κ3) is 2.94. The average Bonchev–Trinajstić information content (AvgIpc) is 2.60. The number of methoxy groups -OCH3 is 1. The molecular formula is C18H16N2O3. The normalized spacial score (nSPS) is 11.9. The number of aromatic nitrogens is 1. The van der Waals surface area contributed by atoms with Crippen LogP contribution >= 0.6 is 0 Å². The molecule has 0 spiro atoms. The molecule has 23 heavy (non-hydrogen) atoms. The highest BCUT2D eigenvalue weighted by Gasteiger charge is 2.23. The van der Waals surface area contributed by atoms with E-state index in [1.807, 2.05) is 36.4 Å². The number of nitrogens with zero attached hydrogens (tertiary/aromatic N) is 1. The summed E-state index contributed by atoms with van der Waals surface area (Å²) in [6.45, 7) is 0. The molecule has 116 valence electrons. The van der Waals surface area contributed by atoms with Crippen molar-refractivity contribution in [1.82, 2.24) is 10.3 Å². The van der Waals surface area contributed by atoms with Crippen LogP contribution in [0.3, 0.4) is 0 Å². The Morgan fingerprint density at radius 2 is 1.91 bits per heavy atom. The average molecular weight is 308 g/mol. The van der Waals surface area contributed by atoms with Crippen molar-refractivity contribution < 1.29 is 14.6 Å². The van der Waals surface area contributed by atoms with Crippen LogP contribution in [-0.4, -0.2) is 23.3 Å². The molecule has 0 aliphatic heterocycles. The second-order valence-corrected chi connectivity index (χ2v) is 5.04. The van der Waals surface area contributed by atoms with Crippen LogP contribution in [0.15, 0.2) is 60.8 Å². The minimum absolute atomic E-state index is 0.0933. The Morgan fingerprint density at radius 3 is 2.65 bits per heavy atom. The third-order valence-electron chi connectivity index (χ3n) is 3.67. The maximum Gasteiger partial charge on any atom is 0.407 e. The predicted octanol–water partition coefficient (Wildman–Crippen LogP) is 3.39. The summed E-state index contributed by atoms with van der Waals surface area (Å²) >= 11 is 0. The van der Waals surface area contributed by atoms with E-state index in [1.54, 1.807) is 24.4 Å². The number of amides is 1. The van der Waals surface area contributed by atoms with Gasteiger partial charge in [-0.15, -0.1) is 0 Å². The number of pyridine rings is 1. The van der Waals surface area contributed by atoms with Gasteiger partial charge in [0.2, 0.25) is 0 Å². The van der Waals surface area contributed by atoms with Gasteiger partial charge in [-0.05, 0) is 29.0 Å². The lowest BCUT2D eigenvalue weighted by Crippen LogP contribution is -2.29. The first-order chi connectivity index (χ1) is 11.2. The first-order valence-electron chi connectivity index (χ1n) is 7.16. The number of benzene rings is 2. The Kier molecular flexibility index (Phi) is 4.10. The fourth-order valence-electron chi connectivity index (χ4n) is 2.60. The Morgan fingerprint density at radius 1 is 1.13 bits per heavy atom. The Labute approximate surface area is 133 Å². The highest BCUT2D eigenvalue weighted by atomic mass is 16.5. The fourth-order valence-corrected chi connectivity index (χ4v) is 2.60. The van der Waals surface area contributed by atoms with Crippen LogP contribution in [0.5, 0.6) is 5.75 Å². The SMILES string of the molecule is COC(=O)NC(c1ccccn1)c1c(O)ccc2ccccc12. The molecule has 5 nitrogen and oxygen atoms in total. The van der Waals surface area contributed by atoms with Crippen LogP contribution in [-0.2, 0) is 4.74 Å². The number of alkyl carbamates (subject to hydrolysis) is 1. The van der Waals surface area contributed by atoms with Crippen molar-refractivity contribution in [2.75, 3.05) is 7.11 Å². The fraction of sp³-hybridized carbons (Fsp3) is 0.111. The molecule has 2 N–H and O–H groups in total. The number of phenolic OH excluding ortho intramolecular Hbond substituents is 1. The van der Waals surface area contributed by atoms with Gasteiger partial charge in [0.05, 0.1) is 12.8 Å². The van der Waals surface area contributed by atoms with Crippen LogP contribution in [0.1, 0.15) is 17.3 Å². The summed E-state index contributed by atoms with van der Waals surface area (Å²) in [5.41, 5.74) is 1.21. The van der Waals surface area contributed by atoms with Gasteiger partial charge in [0.1, 0.15) is 11.8 Å². The summed E-state index contributed by atoms with van der Waals surface area (Å²) in [5, 5.41) is 15.0. The van der Waals surface area contributed by atoms with Gasteiger partial charge in [0, 0.05) is 11.8 Å². The van der Waals surface area contributed by atoms with Gasteiger partial charge < -0.3 is 15.2 Å². The lowest BCUT2D eigenvalue weighted by molar-refractivity contribution is 0.168. The third-order valence-corrected chi connectivity index (χ3v) is 3.67. The predicted molar refractivity (Wildman–Crippen MR) is 87.2 cm³/mol. The lowest BCUT2D eigenvalue weighted by Gasteiger charge is -2.21. The number of aromatic hydroxyl groups is 1. The number of phenols is 1. The maximum absolute atomic E-state index is 11.8. The zero-order chi connectivity index (χ0) is 16.2. The van der Waals surface area contributed by atoms with Crippen molar-refractivity contribution >= 4 is 16.9 Å². The second kappa shape index (κ2) is 6.36. The molecular weight excluding hydrogens is 292 g/mol. The number of carbonyl (C=O) groups is 1. The molecule has 5 heteroatoms. The molecule has 1 amide bonds. The summed E-state index contributed by atoms with van der Waals surface area (Å²) in [7, 11) is 1.30. The molecule has 0 bridgehead atoms. The monoisotopic (exact) mass is 308 g/mol. The van der Waals surface area contributed by atoms with Gasteiger partial charge in [0.25, 0.3) is 0 Å². The van der Waals surface area contributed by atoms with Crippen LogP contribution in [0, 0.1) is 0 Å². The van der Waals surface area contributed by atoms with E-state index in [2.05, 4.69) is 10.3 Å². The quantitative estimate of drug-likeness (QED) is 0.778. The van der Waals surface area contributed by atoms with E-state index in [0.717, 1.165) is 10.8 Å². The van der Waals surface area contributed by atoms with E-state index in [4.69, 9.17) is 4.74 Å². The minimum atomic E-state index is -0.616. The zero-order valence-electron chi connectivity index (χ0n) is 12.6. The standard InChI is InChI=1S/C18H16N2O3/c1-23-18(22)20-17(14-8-4-5-11-19-14)16-13-7-3-2-6-12(13)9-10-15(16)21/h2-11,17,21H,1H3,(H,20,22). The Bertz CT molecular complexity index is 834. The van der Waals surface area contributed by atoms with Gasteiger partial charge >= 0.3 is 6.09 Å². The molecule has 3 aromatic rings. The van der Waals surface area contributed by atoms with Gasteiger partial charge in [-0.3, -0.25) is 4.98 Å². The molecule has 1 aromatic heterocycles. The number of fused-ring (bicyclic) bond motifs is 1. The van der Waals surface area contributed by atoms with Crippen LogP contribution in [0.25, 0.3) is 10.8 Å². The lowest BCUT2D eigenvalue weighted by atomic mass is 9.95. The van der Waals surface area contributed by atoms with Crippen molar-refractivity contribution in [1.29, 1.82) is 0 Å². The zero-order valence-corrected chi connectivity index (χ0v) is 12.6. The number of nitrogens with one attached hydrogen (secondary N) is 1. The molecule has 1 unspecified atom stereocenters. The molecule has 0 radical (unpaired) electrons. The van der Waals surface area contributed by atoms with Gasteiger partial charge in [-0.25, -0.2) is 4.79 Å². The molecule has 1 heterocycles. The molecule has 0 aliphatic rings. The van der Waals surface area contributed by atoms with Crippen molar-refractivity contribution in [3.63, 3.8) is 0 Å². The first-order valence-corrected chi connectivity index (χ1v) is 7.16. The topological polar surface area (TPSA) is 71.5 Å². The van der Waals surface area contributed by atoms with Crippen molar-refractivity contribution in [2.45, 2.75) is 6.04 Å². The second-order valence-electron chi connectivity index (χ2n) is 5.04. The van der Waals surface area contributed by atoms with Gasteiger partial charge in [0.15, 0.2) is 0 Å². The van der Waals surface area contributed by atoms with E-state index in [-0.39, 0.29) is 5.75 Å². The number of rotatable bonds is 3. The summed E-state index contributed by atoms with van der Waals surface area (Å²) in [5.74, 6) is 0.0933. The maximum atomic E-state index is 11.8. The Balaban J connectivity index is 2.21. The van der Waals surface area contributed by atoms with Gasteiger partial charge in [-0.2, -0.15) is 0 Å². The van der Waals surface area contributed by atoms with E-state index in [1.165, 1.54) is 7.11 Å². The van der Waals surface area contributed by atoms with E-state index < -0.39 is 12.1 Å². The molecule has 3 rings (SSSR count). The van der Waals surface area contributed by atoms with Crippen LogP contribution in [0.4, 0.5) is 4.79 Å². The molecule has 1 atom stereocenters. The summed E-state index contributed by atoms with van der Waals surface area (Å²) < 4.78 is 4.72. The first kappa shape index (κ1) is 14.8. The summed E-state index contributed by atoms with van der Waals surface area (Å²) in [4.78, 5) is 16.1. The van der Waals surface area contributed by atoms with E-state index >= 15 is 0 Å². The van der Waals surface area contributed by atoms with Crippen molar-refractivity contribution in [3.05, 3.63) is 72.1 Å².